The molecule has 1 aromatic carbocycles. The Hall–Kier alpha value is -1.40. The largest absolute Gasteiger partial charge is 0.346 e. The predicted octanol–water partition coefficient (Wildman–Crippen LogP) is 3.08. The van der Waals surface area contributed by atoms with Gasteiger partial charge >= 0.3 is 0 Å². The average molecular weight is 396 g/mol. The quantitative estimate of drug-likeness (QED) is 0.804. The number of rotatable bonds is 5. The Morgan fingerprint density at radius 1 is 1.21 bits per heavy atom. The monoisotopic (exact) mass is 395 g/mol. The minimum Gasteiger partial charge on any atom is -0.346 e. The third kappa shape index (κ3) is 5.60. The van der Waals surface area contributed by atoms with Crippen molar-refractivity contribution in [2.45, 2.75) is 45.6 Å². The zero-order valence-corrected chi connectivity index (χ0v) is 16.0. The number of anilines is 1. The molecule has 1 unspecified atom stereocenters. The zero-order chi connectivity index (χ0) is 17.5. The molecule has 5 nitrogen and oxygen atoms in total. The number of likely N-dealkylation sites (tertiary alicyclic amines) is 1. The highest BCUT2D eigenvalue weighted by Crippen LogP contribution is 2.19. The maximum atomic E-state index is 12.3. The normalized spacial score (nSPS) is 17.0. The summed E-state index contributed by atoms with van der Waals surface area (Å²) >= 11 is 3.40. The fraction of sp³-hybridized carbons (Fsp3) is 0.556. The molecule has 1 aromatic rings. The predicted molar refractivity (Wildman–Crippen MR) is 100 cm³/mol. The summed E-state index contributed by atoms with van der Waals surface area (Å²) in [5.74, 6) is -0.295. The molecule has 0 aromatic heterocycles. The maximum absolute atomic E-state index is 12.3. The van der Waals surface area contributed by atoms with E-state index in [1.807, 2.05) is 32.0 Å². The van der Waals surface area contributed by atoms with Crippen LogP contribution in [-0.4, -0.2) is 42.4 Å². The number of carbonyl (C=O) groups excluding carboxylic acids is 2. The first-order valence-electron chi connectivity index (χ1n) is 8.55. The van der Waals surface area contributed by atoms with Crippen molar-refractivity contribution in [2.24, 2.45) is 0 Å². The maximum Gasteiger partial charge on any atom is 0.243 e. The lowest BCUT2D eigenvalue weighted by Crippen LogP contribution is -2.47. The molecule has 1 aliphatic rings. The molecule has 1 aliphatic heterocycles. The topological polar surface area (TPSA) is 61.4 Å². The standard InChI is InChI=1S/C18H26BrN3O2/c1-13-11-15(19)7-8-16(13)21-17(23)12-20-18(24)14(2)22-9-5-3-4-6-10-22/h7-8,11,14H,3-6,9-10,12H2,1-2H3,(H,20,24)(H,21,23). The average Bonchev–Trinajstić information content (AvgIpc) is 2.84. The van der Waals surface area contributed by atoms with Crippen LogP contribution in [0.4, 0.5) is 5.69 Å². The summed E-state index contributed by atoms with van der Waals surface area (Å²) in [4.78, 5) is 26.5. The van der Waals surface area contributed by atoms with Crippen molar-refractivity contribution in [1.82, 2.24) is 10.2 Å². The van der Waals surface area contributed by atoms with E-state index in [0.717, 1.165) is 41.7 Å². The molecule has 2 rings (SSSR count). The van der Waals surface area contributed by atoms with E-state index in [1.165, 1.54) is 12.8 Å². The molecule has 0 spiro atoms. The fourth-order valence-corrected chi connectivity index (χ4v) is 3.40. The Balaban J connectivity index is 1.80. The van der Waals surface area contributed by atoms with E-state index in [-0.39, 0.29) is 24.4 Å². The summed E-state index contributed by atoms with van der Waals surface area (Å²) < 4.78 is 0.970. The number of amides is 2. The van der Waals surface area contributed by atoms with E-state index < -0.39 is 0 Å². The van der Waals surface area contributed by atoms with Gasteiger partial charge in [-0.15, -0.1) is 0 Å². The van der Waals surface area contributed by atoms with Gasteiger partial charge in [0.05, 0.1) is 12.6 Å². The van der Waals surface area contributed by atoms with Crippen LogP contribution in [-0.2, 0) is 9.59 Å². The minimum atomic E-state index is -0.211. The summed E-state index contributed by atoms with van der Waals surface area (Å²) in [6, 6.07) is 5.47. The molecule has 0 radical (unpaired) electrons. The molecule has 0 saturated carbocycles. The molecule has 0 bridgehead atoms. The van der Waals surface area contributed by atoms with Crippen LogP contribution < -0.4 is 10.6 Å². The number of nitrogens with one attached hydrogen (secondary N) is 2. The van der Waals surface area contributed by atoms with Gasteiger partial charge in [-0.25, -0.2) is 0 Å². The fourth-order valence-electron chi connectivity index (χ4n) is 2.93. The molecular weight excluding hydrogens is 370 g/mol. The highest BCUT2D eigenvalue weighted by Gasteiger charge is 2.22. The first-order valence-corrected chi connectivity index (χ1v) is 9.34. The van der Waals surface area contributed by atoms with Gasteiger partial charge in [-0.1, -0.05) is 28.8 Å². The highest BCUT2D eigenvalue weighted by molar-refractivity contribution is 9.10. The molecule has 2 amide bonds. The summed E-state index contributed by atoms with van der Waals surface area (Å²) in [5, 5.41) is 5.58. The van der Waals surface area contributed by atoms with Crippen LogP contribution in [0.1, 0.15) is 38.2 Å². The van der Waals surface area contributed by atoms with Crippen LogP contribution in [0.5, 0.6) is 0 Å². The summed E-state index contributed by atoms with van der Waals surface area (Å²) in [6.45, 7) is 5.75. The van der Waals surface area contributed by atoms with Crippen molar-refractivity contribution in [2.75, 3.05) is 25.0 Å². The van der Waals surface area contributed by atoms with Gasteiger partial charge < -0.3 is 10.6 Å². The molecule has 1 fully saturated rings. The number of carbonyl (C=O) groups is 2. The summed E-state index contributed by atoms with van der Waals surface area (Å²) in [5.41, 5.74) is 1.74. The van der Waals surface area contributed by atoms with Gasteiger partial charge in [0.2, 0.25) is 11.8 Å². The Bertz CT molecular complexity index is 584. The van der Waals surface area contributed by atoms with E-state index in [4.69, 9.17) is 0 Å². The second-order valence-electron chi connectivity index (χ2n) is 6.35. The van der Waals surface area contributed by atoms with Gasteiger partial charge in [0.1, 0.15) is 0 Å². The van der Waals surface area contributed by atoms with Crippen LogP contribution in [0.25, 0.3) is 0 Å². The molecule has 1 saturated heterocycles. The molecule has 6 heteroatoms. The zero-order valence-electron chi connectivity index (χ0n) is 14.4. The molecule has 1 heterocycles. The molecule has 132 valence electrons. The Kier molecular flexibility index (Phi) is 7.24. The summed E-state index contributed by atoms with van der Waals surface area (Å²) in [6.07, 6.45) is 4.75. The van der Waals surface area contributed by atoms with E-state index >= 15 is 0 Å². The van der Waals surface area contributed by atoms with Gasteiger partial charge in [0, 0.05) is 10.2 Å². The van der Waals surface area contributed by atoms with E-state index in [0.29, 0.717) is 0 Å². The first kappa shape index (κ1) is 18.9. The third-order valence-electron chi connectivity index (χ3n) is 4.45. The first-order chi connectivity index (χ1) is 11.5. The SMILES string of the molecule is Cc1cc(Br)ccc1NC(=O)CNC(=O)C(C)N1CCCCCC1. The number of hydrogen-bond acceptors (Lipinski definition) is 3. The number of benzene rings is 1. The van der Waals surface area contributed by atoms with Crippen molar-refractivity contribution in [3.63, 3.8) is 0 Å². The molecule has 2 N–H and O–H groups in total. The van der Waals surface area contributed by atoms with E-state index in [9.17, 15) is 9.59 Å². The summed E-state index contributed by atoms with van der Waals surface area (Å²) in [7, 11) is 0. The second kappa shape index (κ2) is 9.18. The Morgan fingerprint density at radius 2 is 1.88 bits per heavy atom. The van der Waals surface area contributed by atoms with Crippen LogP contribution in [0.2, 0.25) is 0 Å². The van der Waals surface area contributed by atoms with Crippen molar-refractivity contribution < 1.29 is 9.59 Å². The number of halogens is 1. The van der Waals surface area contributed by atoms with Crippen molar-refractivity contribution in [3.8, 4) is 0 Å². The lowest BCUT2D eigenvalue weighted by atomic mass is 10.2. The molecule has 1 atom stereocenters. The number of nitrogens with zero attached hydrogens (tertiary/aromatic N) is 1. The number of aryl methyl sites for hydroxylation is 1. The van der Waals surface area contributed by atoms with E-state index in [2.05, 4.69) is 31.5 Å². The number of hydrogen-bond donors (Lipinski definition) is 2. The van der Waals surface area contributed by atoms with Gasteiger partial charge in [0.25, 0.3) is 0 Å². The smallest absolute Gasteiger partial charge is 0.243 e. The van der Waals surface area contributed by atoms with Crippen molar-refractivity contribution in [3.05, 3.63) is 28.2 Å². The molecule has 24 heavy (non-hydrogen) atoms. The van der Waals surface area contributed by atoms with Crippen LogP contribution in [0, 0.1) is 6.92 Å². The van der Waals surface area contributed by atoms with Crippen molar-refractivity contribution >= 4 is 33.4 Å². The third-order valence-corrected chi connectivity index (χ3v) is 4.95. The highest BCUT2D eigenvalue weighted by atomic mass is 79.9. The Labute approximate surface area is 152 Å². The lowest BCUT2D eigenvalue weighted by molar-refractivity contribution is -0.128. The second-order valence-corrected chi connectivity index (χ2v) is 7.27. The van der Waals surface area contributed by atoms with Crippen LogP contribution in [0.3, 0.4) is 0 Å². The van der Waals surface area contributed by atoms with Crippen LogP contribution >= 0.6 is 15.9 Å². The van der Waals surface area contributed by atoms with Crippen LogP contribution in [0.15, 0.2) is 22.7 Å². The van der Waals surface area contributed by atoms with Gasteiger partial charge in [-0.05, 0) is 63.5 Å². The molecular formula is C18H26BrN3O2. The van der Waals surface area contributed by atoms with Crippen molar-refractivity contribution in [1.29, 1.82) is 0 Å². The van der Waals surface area contributed by atoms with Gasteiger partial charge in [-0.3, -0.25) is 14.5 Å². The van der Waals surface area contributed by atoms with Gasteiger partial charge in [-0.2, -0.15) is 0 Å². The minimum absolute atomic E-state index is 0.00742. The van der Waals surface area contributed by atoms with E-state index in [1.54, 1.807) is 0 Å². The lowest BCUT2D eigenvalue weighted by Gasteiger charge is -2.26. The molecule has 0 aliphatic carbocycles. The Morgan fingerprint density at radius 3 is 2.50 bits per heavy atom. The van der Waals surface area contributed by atoms with Gasteiger partial charge in [0.15, 0.2) is 0 Å².